The van der Waals surface area contributed by atoms with Crippen LogP contribution in [0.4, 0.5) is 0 Å². The molecule has 0 aliphatic carbocycles. The molecule has 308 valence electrons. The predicted octanol–water partition coefficient (Wildman–Crippen LogP) is 8.59. The van der Waals surface area contributed by atoms with Gasteiger partial charge in [-0.2, -0.15) is 8.42 Å². The molecule has 0 spiro atoms. The van der Waals surface area contributed by atoms with Crippen LogP contribution in [0, 0.1) is 0 Å². The minimum atomic E-state index is -3.31. The number of hydrogen-bond acceptors (Lipinski definition) is 8. The smallest absolute Gasteiger partial charge is 0.399 e. The van der Waals surface area contributed by atoms with Crippen molar-refractivity contribution in [1.29, 1.82) is 0 Å². The SMILES string of the molecule is CN(C)CCc1ccc(B2OC(C)(C)C(C)(C)O2)cc1.CN(C)CCc1ccc(Br)cc1.CS(=O)(=O)OCCc1ccc(Br)cc1.OCCc1ccc(Br)cc1. The van der Waals surface area contributed by atoms with Gasteiger partial charge >= 0.3 is 7.12 Å². The average molecular weight is 984 g/mol. The van der Waals surface area contributed by atoms with Crippen molar-refractivity contribution in [2.75, 3.05) is 60.7 Å². The van der Waals surface area contributed by atoms with Crippen molar-refractivity contribution in [3.63, 3.8) is 0 Å². The molecular formula is C43H60BBr3N2O6S. The monoisotopic (exact) mass is 980 g/mol. The summed E-state index contributed by atoms with van der Waals surface area (Å²) < 4.78 is 41.3. The molecule has 13 heteroatoms. The normalized spacial score (nSPS) is 14.3. The highest BCUT2D eigenvalue weighted by atomic mass is 79.9. The number of likely N-dealkylation sites (N-methyl/N-ethyl adjacent to an activating group) is 2. The van der Waals surface area contributed by atoms with Crippen molar-refractivity contribution in [2.24, 2.45) is 0 Å². The number of rotatable bonds is 13. The summed E-state index contributed by atoms with van der Waals surface area (Å²) >= 11 is 10.1. The van der Waals surface area contributed by atoms with E-state index in [1.54, 1.807) is 0 Å². The third-order valence-corrected chi connectivity index (χ3v) is 11.2. The molecule has 5 rings (SSSR count). The van der Waals surface area contributed by atoms with Crippen LogP contribution in [-0.2, 0) is 49.3 Å². The molecule has 4 aromatic carbocycles. The van der Waals surface area contributed by atoms with Crippen molar-refractivity contribution in [2.45, 2.75) is 64.6 Å². The van der Waals surface area contributed by atoms with E-state index >= 15 is 0 Å². The van der Waals surface area contributed by atoms with E-state index in [4.69, 9.17) is 14.4 Å². The van der Waals surface area contributed by atoms with Crippen LogP contribution in [0.25, 0.3) is 0 Å². The Morgan fingerprint density at radius 2 is 0.911 bits per heavy atom. The van der Waals surface area contributed by atoms with Crippen molar-refractivity contribution >= 4 is 70.5 Å². The Morgan fingerprint density at radius 1 is 0.589 bits per heavy atom. The zero-order chi connectivity index (χ0) is 41.9. The zero-order valence-corrected chi connectivity index (χ0v) is 40.0. The second kappa shape index (κ2) is 24.9. The van der Waals surface area contributed by atoms with Crippen LogP contribution >= 0.6 is 47.8 Å². The van der Waals surface area contributed by atoms with E-state index in [0.29, 0.717) is 6.42 Å². The maximum absolute atomic E-state index is 10.6. The summed E-state index contributed by atoms with van der Waals surface area (Å²) in [5.74, 6) is 0. The van der Waals surface area contributed by atoms with Crippen molar-refractivity contribution in [1.82, 2.24) is 9.80 Å². The second-order valence-corrected chi connectivity index (χ2v) is 19.5. The molecule has 0 radical (unpaired) electrons. The Bertz CT molecular complexity index is 1780. The second-order valence-electron chi connectivity index (χ2n) is 15.1. The standard InChI is InChI=1S/C16H26BNO2.C10H14BrN.C9H11BrO3S.C8H9BrO/c1-15(2)16(3,4)20-17(19-15)14-9-7-13(8-10-14)11-12-18(5)6;1-12(2)8-7-9-3-5-10(11)6-4-9;1-14(11,12)13-7-6-8-2-4-9(10)5-3-8;9-8-3-1-7(2-4-8)5-6-10/h7-10H,11-12H2,1-6H3;3-6H,7-8H2,1-2H3;2-5H,6-7H2,1H3;1-4,10H,5-6H2. The first kappa shape index (κ1) is 50.2. The van der Waals surface area contributed by atoms with Crippen LogP contribution in [0.5, 0.6) is 0 Å². The predicted molar refractivity (Wildman–Crippen MR) is 244 cm³/mol. The summed E-state index contributed by atoms with van der Waals surface area (Å²) in [4.78, 5) is 4.39. The van der Waals surface area contributed by atoms with Crippen LogP contribution in [0.1, 0.15) is 49.9 Å². The molecular weight excluding hydrogens is 923 g/mol. The molecule has 56 heavy (non-hydrogen) atoms. The number of hydrogen-bond donors (Lipinski definition) is 1. The van der Waals surface area contributed by atoms with Crippen molar-refractivity contribution < 1.29 is 27.0 Å². The van der Waals surface area contributed by atoms with Crippen LogP contribution in [-0.4, -0.2) is 102 Å². The van der Waals surface area contributed by atoms with Gasteiger partial charge < -0.3 is 24.2 Å². The lowest BCUT2D eigenvalue weighted by Crippen LogP contribution is -2.41. The van der Waals surface area contributed by atoms with Gasteiger partial charge in [-0.15, -0.1) is 0 Å². The Hall–Kier alpha value is -1.91. The van der Waals surface area contributed by atoms with E-state index in [9.17, 15) is 8.42 Å². The lowest BCUT2D eigenvalue weighted by Gasteiger charge is -2.32. The van der Waals surface area contributed by atoms with E-state index in [0.717, 1.165) is 63.1 Å². The van der Waals surface area contributed by atoms with Crippen LogP contribution in [0.3, 0.4) is 0 Å². The number of benzene rings is 4. The minimum absolute atomic E-state index is 0.195. The van der Waals surface area contributed by atoms with Gasteiger partial charge in [-0.1, -0.05) is 108 Å². The van der Waals surface area contributed by atoms with E-state index in [2.05, 4.69) is 166 Å². The highest BCUT2D eigenvalue weighted by Crippen LogP contribution is 2.36. The molecule has 1 fully saturated rings. The maximum Gasteiger partial charge on any atom is 0.494 e. The zero-order valence-electron chi connectivity index (χ0n) is 34.4. The summed E-state index contributed by atoms with van der Waals surface area (Å²) in [5.41, 5.74) is 5.51. The Morgan fingerprint density at radius 3 is 1.23 bits per heavy atom. The summed E-state index contributed by atoms with van der Waals surface area (Å²) in [6, 6.07) is 32.7. The fourth-order valence-corrected chi connectivity index (χ4v) is 6.10. The molecule has 0 saturated carbocycles. The van der Waals surface area contributed by atoms with Gasteiger partial charge in [0, 0.05) is 33.1 Å². The first-order valence-electron chi connectivity index (χ1n) is 18.6. The number of aliphatic hydroxyl groups is 1. The molecule has 0 aromatic heterocycles. The topological polar surface area (TPSA) is 88.5 Å². The average Bonchev–Trinajstić information content (AvgIpc) is 3.35. The van der Waals surface area contributed by atoms with E-state index in [1.165, 1.54) is 16.7 Å². The quantitative estimate of drug-likeness (QED) is 0.105. The summed E-state index contributed by atoms with van der Waals surface area (Å²) in [6.45, 7) is 10.9. The largest absolute Gasteiger partial charge is 0.494 e. The number of halogens is 3. The minimum Gasteiger partial charge on any atom is -0.399 e. The molecule has 1 aliphatic heterocycles. The summed E-state index contributed by atoms with van der Waals surface area (Å²) in [7, 11) is 4.81. The van der Waals surface area contributed by atoms with Crippen molar-refractivity contribution in [3.05, 3.63) is 133 Å². The van der Waals surface area contributed by atoms with Crippen LogP contribution in [0.2, 0.25) is 0 Å². The van der Waals surface area contributed by atoms with Gasteiger partial charge in [0.1, 0.15) is 0 Å². The molecule has 0 atom stereocenters. The third-order valence-electron chi connectivity index (χ3n) is 9.03. The van der Waals surface area contributed by atoms with Gasteiger partial charge in [0.2, 0.25) is 0 Å². The molecule has 0 bridgehead atoms. The molecule has 0 unspecified atom stereocenters. The summed E-state index contributed by atoms with van der Waals surface area (Å²) in [5, 5.41) is 8.58. The molecule has 8 nitrogen and oxygen atoms in total. The van der Waals surface area contributed by atoms with Crippen LogP contribution < -0.4 is 5.46 Å². The van der Waals surface area contributed by atoms with E-state index < -0.39 is 10.1 Å². The molecule has 0 amide bonds. The fourth-order valence-electron chi connectivity index (χ4n) is 4.92. The van der Waals surface area contributed by atoms with Crippen molar-refractivity contribution in [3.8, 4) is 0 Å². The first-order chi connectivity index (χ1) is 26.2. The lowest BCUT2D eigenvalue weighted by atomic mass is 9.79. The highest BCUT2D eigenvalue weighted by Gasteiger charge is 2.51. The van der Waals surface area contributed by atoms with Gasteiger partial charge in [-0.3, -0.25) is 4.18 Å². The van der Waals surface area contributed by atoms with Gasteiger partial charge in [-0.05, 0) is 146 Å². The number of aliphatic hydroxyl groups excluding tert-OH is 1. The molecule has 1 saturated heterocycles. The third kappa shape index (κ3) is 20.7. The lowest BCUT2D eigenvalue weighted by molar-refractivity contribution is 0.00578. The van der Waals surface area contributed by atoms with Gasteiger partial charge in [0.15, 0.2) is 0 Å². The van der Waals surface area contributed by atoms with Gasteiger partial charge in [-0.25, -0.2) is 0 Å². The number of nitrogens with zero attached hydrogens (tertiary/aromatic N) is 2. The van der Waals surface area contributed by atoms with Gasteiger partial charge in [0.25, 0.3) is 10.1 Å². The summed E-state index contributed by atoms with van der Waals surface area (Å²) in [6.07, 6.45) is 4.58. The highest BCUT2D eigenvalue weighted by molar-refractivity contribution is 9.11. The van der Waals surface area contributed by atoms with Crippen LogP contribution in [0.15, 0.2) is 110 Å². The van der Waals surface area contributed by atoms with E-state index in [1.807, 2.05) is 48.5 Å². The molecule has 1 aliphatic rings. The van der Waals surface area contributed by atoms with Gasteiger partial charge in [0.05, 0.1) is 24.1 Å². The van der Waals surface area contributed by atoms with E-state index in [-0.39, 0.29) is 31.5 Å². The molecule has 1 N–H and O–H groups in total. The molecule has 4 aromatic rings. The first-order valence-corrected chi connectivity index (χ1v) is 22.8. The Labute approximate surface area is 363 Å². The fraction of sp³-hybridized carbons (Fsp3) is 0.442. The maximum atomic E-state index is 10.6. The molecule has 1 heterocycles. The Balaban J connectivity index is 0.000000267. The Kier molecular flexibility index (Phi) is 22.3.